The summed E-state index contributed by atoms with van der Waals surface area (Å²) in [6.45, 7) is 6.70. The molecule has 0 aliphatic heterocycles. The van der Waals surface area contributed by atoms with Crippen molar-refractivity contribution in [3.8, 4) is 16.8 Å². The lowest BCUT2D eigenvalue weighted by atomic mass is 9.92. The number of hydrogen-bond donors (Lipinski definition) is 1. The van der Waals surface area contributed by atoms with E-state index in [-0.39, 0.29) is 24.3 Å². The van der Waals surface area contributed by atoms with Crippen LogP contribution < -0.4 is 5.32 Å². The lowest BCUT2D eigenvalue weighted by Crippen LogP contribution is -2.41. The number of Topliss-reactive ketones (excluding diaryl/α,β-unsaturated/α-hetero) is 1. The number of esters is 1. The van der Waals surface area contributed by atoms with Gasteiger partial charge in [0.15, 0.2) is 5.78 Å². The van der Waals surface area contributed by atoms with Crippen molar-refractivity contribution in [1.29, 1.82) is 0 Å². The summed E-state index contributed by atoms with van der Waals surface area (Å²) >= 11 is 0. The molecule has 202 valence electrons. The Hall–Kier alpha value is -4.17. The zero-order valence-corrected chi connectivity index (χ0v) is 22.7. The van der Waals surface area contributed by atoms with Crippen molar-refractivity contribution >= 4 is 11.8 Å². The normalized spacial score (nSPS) is 11.9. The molecule has 0 aliphatic rings. The average Bonchev–Trinajstić information content (AvgIpc) is 3.50. The van der Waals surface area contributed by atoms with Gasteiger partial charge in [-0.15, -0.1) is 5.10 Å². The van der Waals surface area contributed by atoms with Crippen molar-refractivity contribution in [3.63, 3.8) is 0 Å². The number of tetrazole rings is 1. The first-order valence-electron chi connectivity index (χ1n) is 13.4. The third kappa shape index (κ3) is 7.23. The molecule has 0 unspecified atom stereocenters. The molecule has 3 aromatic carbocycles. The maximum atomic E-state index is 13.4. The molecule has 0 aliphatic carbocycles. The van der Waals surface area contributed by atoms with Gasteiger partial charge in [-0.1, -0.05) is 87.9 Å². The van der Waals surface area contributed by atoms with Gasteiger partial charge in [0.1, 0.15) is 19.0 Å². The number of hydrogen-bond acceptors (Lipinski definition) is 7. The standard InChI is InChI=1S/C31H35N5O3/c1-4-5-15-29(37)27-18-24(16-17-25(27)26-13-9-10-14-28(26)36-21-33-34-35-36)19-32-30(22(2)3)31(38)39-20-23-11-7-6-8-12-23/h6-14,16-18,21-22,30,32H,4-5,15,19-20H2,1-3H3/t30-/m0/s1. The number of rotatable bonds is 13. The van der Waals surface area contributed by atoms with Gasteiger partial charge in [0, 0.05) is 24.1 Å². The van der Waals surface area contributed by atoms with E-state index in [1.807, 2.05) is 86.6 Å². The highest BCUT2D eigenvalue weighted by Crippen LogP contribution is 2.31. The molecule has 4 aromatic rings. The number of unbranched alkanes of at least 4 members (excludes halogenated alkanes) is 1. The number of para-hydroxylation sites is 1. The van der Waals surface area contributed by atoms with E-state index in [1.54, 1.807) is 11.0 Å². The fourth-order valence-electron chi connectivity index (χ4n) is 4.45. The monoisotopic (exact) mass is 525 g/mol. The molecule has 39 heavy (non-hydrogen) atoms. The summed E-state index contributed by atoms with van der Waals surface area (Å²) in [5.74, 6) is -0.177. The first kappa shape index (κ1) is 27.9. The largest absolute Gasteiger partial charge is 0.460 e. The van der Waals surface area contributed by atoms with Gasteiger partial charge >= 0.3 is 5.97 Å². The van der Waals surface area contributed by atoms with Crippen molar-refractivity contribution < 1.29 is 14.3 Å². The Labute approximate surface area is 229 Å². The Morgan fingerprint density at radius 1 is 0.949 bits per heavy atom. The molecule has 0 radical (unpaired) electrons. The molecule has 8 heteroatoms. The minimum absolute atomic E-state index is 0.0290. The number of ketones is 1. The van der Waals surface area contributed by atoms with E-state index in [0.717, 1.165) is 40.8 Å². The first-order chi connectivity index (χ1) is 19.0. The summed E-state index contributed by atoms with van der Waals surface area (Å²) in [6, 6.07) is 22.8. The molecule has 0 amide bonds. The van der Waals surface area contributed by atoms with Crippen molar-refractivity contribution in [2.75, 3.05) is 0 Å². The third-order valence-corrected chi connectivity index (χ3v) is 6.60. The number of carbonyl (C=O) groups excluding carboxylic acids is 2. The third-order valence-electron chi connectivity index (χ3n) is 6.60. The molecule has 0 fully saturated rings. The molecule has 0 spiro atoms. The molecule has 1 aromatic heterocycles. The second kappa shape index (κ2) is 13.6. The van der Waals surface area contributed by atoms with Crippen LogP contribution in [0.3, 0.4) is 0 Å². The highest BCUT2D eigenvalue weighted by Gasteiger charge is 2.24. The summed E-state index contributed by atoms with van der Waals surface area (Å²) in [5.41, 5.74) is 5.00. The van der Waals surface area contributed by atoms with E-state index in [2.05, 4.69) is 27.8 Å². The van der Waals surface area contributed by atoms with E-state index < -0.39 is 6.04 Å². The van der Waals surface area contributed by atoms with Gasteiger partial charge in [-0.05, 0) is 51.6 Å². The van der Waals surface area contributed by atoms with Crippen LogP contribution in [0.1, 0.15) is 61.5 Å². The van der Waals surface area contributed by atoms with Crippen LogP contribution >= 0.6 is 0 Å². The molecule has 4 rings (SSSR count). The summed E-state index contributed by atoms with van der Waals surface area (Å²) in [7, 11) is 0. The van der Waals surface area contributed by atoms with Crippen LogP contribution in [0.4, 0.5) is 0 Å². The fraction of sp³-hybridized carbons (Fsp3) is 0.323. The van der Waals surface area contributed by atoms with Crippen LogP contribution in [-0.4, -0.2) is 38.0 Å². The van der Waals surface area contributed by atoms with Crippen molar-refractivity contribution in [1.82, 2.24) is 25.5 Å². The predicted molar refractivity (Wildman–Crippen MR) is 150 cm³/mol. The van der Waals surface area contributed by atoms with Gasteiger partial charge in [0.25, 0.3) is 0 Å². The molecule has 0 saturated heterocycles. The molecule has 1 atom stereocenters. The van der Waals surface area contributed by atoms with Gasteiger partial charge in [-0.2, -0.15) is 4.68 Å². The molecule has 8 nitrogen and oxygen atoms in total. The van der Waals surface area contributed by atoms with Crippen LogP contribution in [0.5, 0.6) is 0 Å². The topological polar surface area (TPSA) is 99.0 Å². The van der Waals surface area contributed by atoms with Gasteiger partial charge < -0.3 is 10.1 Å². The Kier molecular flexibility index (Phi) is 9.69. The second-order valence-corrected chi connectivity index (χ2v) is 9.87. The Morgan fingerprint density at radius 3 is 2.44 bits per heavy atom. The number of carbonyl (C=O) groups is 2. The number of aromatic nitrogens is 4. The first-order valence-corrected chi connectivity index (χ1v) is 13.4. The van der Waals surface area contributed by atoms with Crippen LogP contribution in [-0.2, 0) is 22.7 Å². The van der Waals surface area contributed by atoms with E-state index in [4.69, 9.17) is 4.74 Å². The number of benzene rings is 3. The SMILES string of the molecule is CCCCC(=O)c1cc(CN[C@H](C(=O)OCc2ccccc2)C(C)C)ccc1-c1ccccc1-n1cnnn1. The fourth-order valence-corrected chi connectivity index (χ4v) is 4.45. The number of nitrogens with zero attached hydrogens (tertiary/aromatic N) is 4. The highest BCUT2D eigenvalue weighted by molar-refractivity contribution is 6.03. The zero-order valence-electron chi connectivity index (χ0n) is 22.7. The van der Waals surface area contributed by atoms with Crippen molar-refractivity contribution in [2.24, 2.45) is 5.92 Å². The second-order valence-electron chi connectivity index (χ2n) is 9.87. The van der Waals surface area contributed by atoms with Crippen LogP contribution in [0.25, 0.3) is 16.8 Å². The summed E-state index contributed by atoms with van der Waals surface area (Å²) in [6.07, 6.45) is 3.76. The Bertz CT molecular complexity index is 1370. The smallest absolute Gasteiger partial charge is 0.323 e. The molecule has 1 heterocycles. The summed E-state index contributed by atoms with van der Waals surface area (Å²) in [5, 5.41) is 14.9. The molecular formula is C31H35N5O3. The van der Waals surface area contributed by atoms with Crippen molar-refractivity contribution in [2.45, 2.75) is 59.2 Å². The van der Waals surface area contributed by atoms with Crippen LogP contribution in [0.2, 0.25) is 0 Å². The maximum Gasteiger partial charge on any atom is 0.323 e. The van der Waals surface area contributed by atoms with E-state index in [0.29, 0.717) is 18.5 Å². The van der Waals surface area contributed by atoms with E-state index in [9.17, 15) is 9.59 Å². The quantitative estimate of drug-likeness (QED) is 0.180. The number of nitrogens with one attached hydrogen (secondary N) is 1. The molecule has 1 N–H and O–H groups in total. The van der Waals surface area contributed by atoms with Crippen molar-refractivity contribution in [3.05, 3.63) is 95.8 Å². The zero-order chi connectivity index (χ0) is 27.6. The maximum absolute atomic E-state index is 13.4. The minimum atomic E-state index is -0.479. The van der Waals surface area contributed by atoms with Crippen LogP contribution in [0, 0.1) is 5.92 Å². The van der Waals surface area contributed by atoms with E-state index >= 15 is 0 Å². The van der Waals surface area contributed by atoms with E-state index in [1.165, 1.54) is 0 Å². The van der Waals surface area contributed by atoms with Gasteiger partial charge in [0.05, 0.1) is 5.69 Å². The van der Waals surface area contributed by atoms with Gasteiger partial charge in [-0.3, -0.25) is 9.59 Å². The number of ether oxygens (including phenoxy) is 1. The predicted octanol–water partition coefficient (Wildman–Crippen LogP) is 5.56. The lowest BCUT2D eigenvalue weighted by Gasteiger charge is -2.21. The minimum Gasteiger partial charge on any atom is -0.460 e. The van der Waals surface area contributed by atoms with Gasteiger partial charge in [0.2, 0.25) is 0 Å². The molecular weight excluding hydrogens is 490 g/mol. The lowest BCUT2D eigenvalue weighted by molar-refractivity contribution is -0.148. The summed E-state index contributed by atoms with van der Waals surface area (Å²) in [4.78, 5) is 26.3. The molecule has 0 bridgehead atoms. The molecule has 0 saturated carbocycles. The van der Waals surface area contributed by atoms with Crippen LogP contribution in [0.15, 0.2) is 79.1 Å². The highest BCUT2D eigenvalue weighted by atomic mass is 16.5. The Balaban J connectivity index is 1.57. The van der Waals surface area contributed by atoms with Gasteiger partial charge in [-0.25, -0.2) is 0 Å². The summed E-state index contributed by atoms with van der Waals surface area (Å²) < 4.78 is 7.19. The Morgan fingerprint density at radius 2 is 1.72 bits per heavy atom. The average molecular weight is 526 g/mol.